The minimum atomic E-state index is -0.454. The topological polar surface area (TPSA) is 52.6 Å². The molecular weight excluding hydrogens is 512 g/mol. The van der Waals surface area contributed by atoms with E-state index in [9.17, 15) is 9.59 Å². The third-order valence-corrected chi connectivity index (χ3v) is 12.2. The van der Waals surface area contributed by atoms with Gasteiger partial charge in [-0.1, -0.05) is 177 Å². The van der Waals surface area contributed by atoms with Gasteiger partial charge in [-0.15, -0.1) is 0 Å². The zero-order valence-corrected chi connectivity index (χ0v) is 26.5. The van der Waals surface area contributed by atoms with Crippen molar-refractivity contribution in [2.75, 3.05) is 13.2 Å². The second-order valence-electron chi connectivity index (χ2n) is 11.9. The Labute approximate surface area is 242 Å². The first-order valence-electron chi connectivity index (χ1n) is 16.3. The molecule has 0 aliphatic carbocycles. The van der Waals surface area contributed by atoms with Crippen molar-refractivity contribution < 1.29 is 19.1 Å². The summed E-state index contributed by atoms with van der Waals surface area (Å²) in [6.45, 7) is 5.52. The van der Waals surface area contributed by atoms with Crippen LogP contribution in [0.4, 0.5) is 0 Å². The van der Waals surface area contributed by atoms with Crippen molar-refractivity contribution in [1.82, 2.24) is 0 Å². The van der Waals surface area contributed by atoms with Crippen LogP contribution >= 0.6 is 21.6 Å². The third kappa shape index (κ3) is 12.4. The van der Waals surface area contributed by atoms with Crippen LogP contribution < -0.4 is 0 Å². The van der Waals surface area contributed by atoms with Gasteiger partial charge in [0.2, 0.25) is 0 Å². The molecule has 222 valence electrons. The normalized spacial score (nSPS) is 22.6. The Hall–Kier alpha value is -0.360. The lowest BCUT2D eigenvalue weighted by atomic mass is 9.97. The molecule has 0 bridgehead atoms. The van der Waals surface area contributed by atoms with E-state index in [2.05, 4.69) is 13.8 Å². The van der Waals surface area contributed by atoms with Crippen molar-refractivity contribution in [2.24, 2.45) is 0 Å². The summed E-state index contributed by atoms with van der Waals surface area (Å²) >= 11 is 0. The minimum absolute atomic E-state index is 0.0837. The SMILES string of the molecule is CCCCCCCCCCCCCC1(SSC2(CCCCCCCCCCCCC)COC2=O)COC1=O. The fourth-order valence-electron chi connectivity index (χ4n) is 5.44. The first kappa shape index (κ1) is 33.8. The maximum atomic E-state index is 12.5. The monoisotopic (exact) mass is 570 g/mol. The second-order valence-corrected chi connectivity index (χ2v) is 14.8. The quantitative estimate of drug-likeness (QED) is 0.0556. The Morgan fingerprint density at radius 2 is 0.737 bits per heavy atom. The average molecular weight is 571 g/mol. The minimum Gasteiger partial charge on any atom is -0.462 e. The number of cyclic esters (lactones) is 2. The molecule has 2 atom stereocenters. The van der Waals surface area contributed by atoms with Crippen LogP contribution in [0.3, 0.4) is 0 Å². The van der Waals surface area contributed by atoms with Gasteiger partial charge in [-0.25, -0.2) is 0 Å². The molecule has 0 aromatic carbocycles. The lowest BCUT2D eigenvalue weighted by Gasteiger charge is -2.43. The fourth-order valence-corrected chi connectivity index (χ4v) is 8.84. The maximum absolute atomic E-state index is 12.5. The van der Waals surface area contributed by atoms with Gasteiger partial charge in [0, 0.05) is 0 Å². The molecule has 2 fully saturated rings. The van der Waals surface area contributed by atoms with Crippen molar-refractivity contribution in [2.45, 2.75) is 177 Å². The number of carbonyl (C=O) groups is 2. The Balaban J connectivity index is 1.56. The van der Waals surface area contributed by atoms with E-state index in [0.29, 0.717) is 13.2 Å². The number of carbonyl (C=O) groups excluding carboxylic acids is 2. The summed E-state index contributed by atoms with van der Waals surface area (Å²) in [6, 6.07) is 0. The van der Waals surface area contributed by atoms with Crippen LogP contribution in [0, 0.1) is 0 Å². The molecule has 2 aliphatic heterocycles. The standard InChI is InChI=1S/C32H58O4S2/c1-3-5-7-9-11-13-15-17-19-21-23-25-31(27-35-29(31)33)37-38-32(28-36-30(32)34)26-24-22-20-18-16-14-12-10-8-6-4-2/h3-28H2,1-2H3. The smallest absolute Gasteiger partial charge is 0.326 e. The van der Waals surface area contributed by atoms with E-state index in [1.165, 1.54) is 128 Å². The summed E-state index contributed by atoms with van der Waals surface area (Å²) in [4.78, 5) is 24.9. The lowest BCUT2D eigenvalue weighted by molar-refractivity contribution is -0.165. The molecule has 6 heteroatoms. The van der Waals surface area contributed by atoms with E-state index in [0.717, 1.165) is 25.7 Å². The van der Waals surface area contributed by atoms with Gasteiger partial charge in [0.1, 0.15) is 13.2 Å². The zero-order chi connectivity index (χ0) is 27.4. The molecule has 2 aliphatic rings. The average Bonchev–Trinajstić information content (AvgIpc) is 2.93. The van der Waals surface area contributed by atoms with Crippen molar-refractivity contribution in [3.05, 3.63) is 0 Å². The Bertz CT molecular complexity index is 589. The highest BCUT2D eigenvalue weighted by Gasteiger charge is 2.56. The van der Waals surface area contributed by atoms with E-state index < -0.39 is 9.49 Å². The van der Waals surface area contributed by atoms with Crippen molar-refractivity contribution in [3.8, 4) is 0 Å². The van der Waals surface area contributed by atoms with E-state index in [1.54, 1.807) is 21.6 Å². The van der Waals surface area contributed by atoms with Crippen LogP contribution in [-0.4, -0.2) is 34.6 Å². The molecule has 0 amide bonds. The van der Waals surface area contributed by atoms with Gasteiger partial charge in [0.05, 0.1) is 0 Å². The van der Waals surface area contributed by atoms with Gasteiger partial charge in [-0.3, -0.25) is 9.59 Å². The molecule has 4 nitrogen and oxygen atoms in total. The molecule has 0 radical (unpaired) electrons. The van der Waals surface area contributed by atoms with Gasteiger partial charge >= 0.3 is 11.9 Å². The van der Waals surface area contributed by atoms with Crippen LogP contribution in [0.5, 0.6) is 0 Å². The van der Waals surface area contributed by atoms with Gasteiger partial charge < -0.3 is 9.47 Å². The van der Waals surface area contributed by atoms with E-state index >= 15 is 0 Å². The van der Waals surface area contributed by atoms with Crippen LogP contribution in [0.2, 0.25) is 0 Å². The summed E-state index contributed by atoms with van der Waals surface area (Å²) in [6.07, 6.45) is 30.5. The summed E-state index contributed by atoms with van der Waals surface area (Å²) < 4.78 is 9.54. The van der Waals surface area contributed by atoms with Crippen LogP contribution in [0.25, 0.3) is 0 Å². The predicted octanol–water partition coefficient (Wildman–Crippen LogP) is 10.4. The molecule has 2 saturated heterocycles. The molecule has 38 heavy (non-hydrogen) atoms. The van der Waals surface area contributed by atoms with Crippen LogP contribution in [0.1, 0.15) is 168 Å². The number of unbranched alkanes of at least 4 members (excludes halogenated alkanes) is 20. The maximum Gasteiger partial charge on any atom is 0.326 e. The van der Waals surface area contributed by atoms with Gasteiger partial charge in [0.25, 0.3) is 0 Å². The summed E-state index contributed by atoms with van der Waals surface area (Å²) in [5.41, 5.74) is 0. The summed E-state index contributed by atoms with van der Waals surface area (Å²) in [5, 5.41) is 0. The predicted molar refractivity (Wildman–Crippen MR) is 165 cm³/mol. The van der Waals surface area contributed by atoms with Crippen molar-refractivity contribution >= 4 is 33.5 Å². The van der Waals surface area contributed by atoms with Gasteiger partial charge in [-0.05, 0) is 12.8 Å². The van der Waals surface area contributed by atoms with Crippen LogP contribution in [-0.2, 0) is 19.1 Å². The number of hydrogen-bond acceptors (Lipinski definition) is 6. The molecular formula is C32H58O4S2. The first-order chi connectivity index (χ1) is 18.6. The largest absolute Gasteiger partial charge is 0.462 e. The number of esters is 2. The molecule has 2 unspecified atom stereocenters. The summed E-state index contributed by atoms with van der Waals surface area (Å²) in [5.74, 6) is -0.167. The zero-order valence-electron chi connectivity index (χ0n) is 24.8. The second kappa shape index (κ2) is 20.5. The number of hydrogen-bond donors (Lipinski definition) is 0. The molecule has 0 saturated carbocycles. The molecule has 0 spiro atoms. The Kier molecular flexibility index (Phi) is 18.3. The highest BCUT2D eigenvalue weighted by molar-refractivity contribution is 8.78. The van der Waals surface area contributed by atoms with Crippen molar-refractivity contribution in [1.29, 1.82) is 0 Å². The van der Waals surface area contributed by atoms with Crippen LogP contribution in [0.15, 0.2) is 0 Å². The third-order valence-electron chi connectivity index (χ3n) is 8.35. The number of rotatable bonds is 27. The van der Waals surface area contributed by atoms with E-state index in [-0.39, 0.29) is 11.9 Å². The Morgan fingerprint density at radius 3 is 0.947 bits per heavy atom. The highest BCUT2D eigenvalue weighted by Crippen LogP contribution is 2.54. The molecule has 0 aromatic heterocycles. The van der Waals surface area contributed by atoms with E-state index in [1.807, 2.05) is 0 Å². The Morgan fingerprint density at radius 1 is 0.474 bits per heavy atom. The van der Waals surface area contributed by atoms with Gasteiger partial charge in [0.15, 0.2) is 9.49 Å². The fraction of sp³-hybridized carbons (Fsp3) is 0.938. The van der Waals surface area contributed by atoms with Gasteiger partial charge in [-0.2, -0.15) is 0 Å². The lowest BCUT2D eigenvalue weighted by Crippen LogP contribution is -2.55. The first-order valence-corrected chi connectivity index (χ1v) is 18.4. The molecule has 0 aromatic rings. The summed E-state index contributed by atoms with van der Waals surface area (Å²) in [7, 11) is 3.22. The molecule has 0 N–H and O–H groups in total. The van der Waals surface area contributed by atoms with Crippen molar-refractivity contribution in [3.63, 3.8) is 0 Å². The molecule has 2 rings (SSSR count). The highest BCUT2D eigenvalue weighted by atomic mass is 33.1. The molecule has 2 heterocycles. The van der Waals surface area contributed by atoms with E-state index in [4.69, 9.17) is 9.47 Å². The number of ether oxygens (including phenoxy) is 2.